The summed E-state index contributed by atoms with van der Waals surface area (Å²) < 4.78 is 2.16. The Morgan fingerprint density at radius 2 is 2.11 bits per heavy atom. The maximum atomic E-state index is 12.1. The van der Waals surface area contributed by atoms with Crippen LogP contribution in [0.15, 0.2) is 12.4 Å². The van der Waals surface area contributed by atoms with Crippen molar-refractivity contribution in [1.29, 1.82) is 0 Å². The molecule has 0 unspecified atom stereocenters. The first-order valence-corrected chi connectivity index (χ1v) is 6.54. The third kappa shape index (κ3) is 2.39. The molecule has 0 saturated carbocycles. The molecule has 98 valence electrons. The van der Waals surface area contributed by atoms with Gasteiger partial charge in [-0.25, -0.2) is 4.98 Å². The highest BCUT2D eigenvalue weighted by molar-refractivity contribution is 5.78. The number of nitrogens with zero attached hydrogens (tertiary/aromatic N) is 4. The van der Waals surface area contributed by atoms with Crippen molar-refractivity contribution in [3.05, 3.63) is 18.2 Å². The maximum Gasteiger partial charge on any atom is 0.236 e. The quantitative estimate of drug-likeness (QED) is 0.740. The monoisotopic (exact) mass is 249 g/mol. The number of nitrogens with one attached hydrogen (secondary N) is 1. The summed E-state index contributed by atoms with van der Waals surface area (Å²) in [5, 5.41) is 3.26. The second-order valence-electron chi connectivity index (χ2n) is 4.88. The molecule has 1 saturated heterocycles. The highest BCUT2D eigenvalue weighted by atomic mass is 16.2. The lowest BCUT2D eigenvalue weighted by molar-refractivity contribution is -0.133. The number of carbonyl (C=O) groups excluding carboxylic acids is 1. The fourth-order valence-electron chi connectivity index (χ4n) is 2.56. The van der Waals surface area contributed by atoms with Gasteiger partial charge in [0.05, 0.1) is 13.1 Å². The number of hydrogen-bond donors (Lipinski definition) is 1. The molecule has 1 amide bonds. The molecule has 6 heteroatoms. The smallest absolute Gasteiger partial charge is 0.236 e. The maximum absolute atomic E-state index is 12.1. The Labute approximate surface area is 107 Å². The zero-order chi connectivity index (χ0) is 12.4. The summed E-state index contributed by atoms with van der Waals surface area (Å²) in [6, 6.07) is 0. The summed E-state index contributed by atoms with van der Waals surface area (Å²) in [5.41, 5.74) is 0. The number of hydrogen-bond acceptors (Lipinski definition) is 4. The average molecular weight is 249 g/mol. The third-order valence-electron chi connectivity index (χ3n) is 3.65. The number of amides is 1. The van der Waals surface area contributed by atoms with E-state index >= 15 is 0 Å². The molecule has 0 atom stereocenters. The largest absolute Gasteiger partial charge is 0.339 e. The molecule has 1 aromatic heterocycles. The van der Waals surface area contributed by atoms with Gasteiger partial charge in [-0.1, -0.05) is 0 Å². The van der Waals surface area contributed by atoms with E-state index in [2.05, 4.69) is 19.8 Å². The van der Waals surface area contributed by atoms with E-state index in [4.69, 9.17) is 0 Å². The number of aromatic nitrogens is 2. The van der Waals surface area contributed by atoms with Gasteiger partial charge in [-0.15, -0.1) is 0 Å². The molecule has 3 rings (SSSR count). The lowest BCUT2D eigenvalue weighted by atomic mass is 10.3. The minimum absolute atomic E-state index is 0.247. The van der Waals surface area contributed by atoms with Gasteiger partial charge in [-0.05, 0) is 0 Å². The van der Waals surface area contributed by atoms with Crippen molar-refractivity contribution < 1.29 is 4.79 Å². The zero-order valence-corrected chi connectivity index (χ0v) is 10.5. The summed E-state index contributed by atoms with van der Waals surface area (Å²) in [6.07, 6.45) is 3.84. The van der Waals surface area contributed by atoms with Crippen LogP contribution >= 0.6 is 0 Å². The molecule has 6 nitrogen and oxygen atoms in total. The molecular formula is C12H19N5O. The molecule has 0 aromatic carbocycles. The first-order chi connectivity index (χ1) is 8.83. The summed E-state index contributed by atoms with van der Waals surface area (Å²) in [7, 11) is 0. The van der Waals surface area contributed by atoms with E-state index in [1.807, 2.05) is 17.3 Å². The molecule has 1 aromatic rings. The molecule has 18 heavy (non-hydrogen) atoms. The standard InChI is InChI=1S/C12H19N5O/c18-12(17-4-1-13-2-5-17)10-15-7-8-16-6-3-14-11(16)9-15/h3,6,13H,1-2,4-5,7-10H2. The Morgan fingerprint density at radius 3 is 2.94 bits per heavy atom. The first-order valence-electron chi connectivity index (χ1n) is 6.54. The Balaban J connectivity index is 1.56. The van der Waals surface area contributed by atoms with Crippen LogP contribution in [0, 0.1) is 0 Å². The number of carbonyl (C=O) groups is 1. The van der Waals surface area contributed by atoms with Crippen molar-refractivity contribution in [3.8, 4) is 0 Å². The van der Waals surface area contributed by atoms with Gasteiger partial charge in [0.15, 0.2) is 0 Å². The van der Waals surface area contributed by atoms with Crippen LogP contribution in [0.1, 0.15) is 5.82 Å². The fraction of sp³-hybridized carbons (Fsp3) is 0.667. The Hall–Kier alpha value is -1.40. The number of fused-ring (bicyclic) bond motifs is 1. The Morgan fingerprint density at radius 1 is 1.28 bits per heavy atom. The van der Waals surface area contributed by atoms with Crippen molar-refractivity contribution in [1.82, 2.24) is 24.7 Å². The van der Waals surface area contributed by atoms with Crippen molar-refractivity contribution in [3.63, 3.8) is 0 Å². The van der Waals surface area contributed by atoms with Crippen LogP contribution in [0.25, 0.3) is 0 Å². The van der Waals surface area contributed by atoms with Gasteiger partial charge in [0, 0.05) is 51.7 Å². The van der Waals surface area contributed by atoms with Gasteiger partial charge in [0.2, 0.25) is 5.91 Å². The van der Waals surface area contributed by atoms with Gasteiger partial charge >= 0.3 is 0 Å². The van der Waals surface area contributed by atoms with E-state index in [1.165, 1.54) is 0 Å². The average Bonchev–Trinajstić information content (AvgIpc) is 2.87. The zero-order valence-electron chi connectivity index (χ0n) is 10.5. The van der Waals surface area contributed by atoms with Crippen LogP contribution in [0.4, 0.5) is 0 Å². The lowest BCUT2D eigenvalue weighted by Crippen LogP contribution is -2.50. The molecule has 0 aliphatic carbocycles. The molecule has 1 fully saturated rings. The Bertz CT molecular complexity index is 424. The molecule has 1 N–H and O–H groups in total. The van der Waals surface area contributed by atoms with Crippen LogP contribution < -0.4 is 5.32 Å². The molecule has 0 bridgehead atoms. The van der Waals surface area contributed by atoms with Crippen LogP contribution in [0.3, 0.4) is 0 Å². The summed E-state index contributed by atoms with van der Waals surface area (Å²) in [5.74, 6) is 1.31. The van der Waals surface area contributed by atoms with Crippen LogP contribution in [-0.2, 0) is 17.9 Å². The minimum Gasteiger partial charge on any atom is -0.339 e. The Kier molecular flexibility index (Phi) is 3.29. The van der Waals surface area contributed by atoms with Gasteiger partial charge < -0.3 is 14.8 Å². The SMILES string of the molecule is O=C(CN1CCn2ccnc2C1)N1CCNCC1. The molecule has 3 heterocycles. The van der Waals surface area contributed by atoms with Gasteiger partial charge in [0.25, 0.3) is 0 Å². The topological polar surface area (TPSA) is 53.4 Å². The highest BCUT2D eigenvalue weighted by Crippen LogP contribution is 2.10. The minimum atomic E-state index is 0.247. The van der Waals surface area contributed by atoms with Crippen LogP contribution in [-0.4, -0.2) is 64.5 Å². The molecule has 2 aliphatic rings. The molecular weight excluding hydrogens is 230 g/mol. The van der Waals surface area contributed by atoms with E-state index in [0.717, 1.165) is 51.6 Å². The van der Waals surface area contributed by atoms with Crippen molar-refractivity contribution in [2.75, 3.05) is 39.3 Å². The van der Waals surface area contributed by atoms with E-state index < -0.39 is 0 Å². The van der Waals surface area contributed by atoms with E-state index in [9.17, 15) is 4.79 Å². The van der Waals surface area contributed by atoms with Crippen molar-refractivity contribution in [2.24, 2.45) is 0 Å². The van der Waals surface area contributed by atoms with Crippen LogP contribution in [0.5, 0.6) is 0 Å². The predicted molar refractivity (Wildman–Crippen MR) is 67.0 cm³/mol. The number of piperazine rings is 1. The van der Waals surface area contributed by atoms with E-state index in [0.29, 0.717) is 6.54 Å². The number of imidazole rings is 1. The summed E-state index contributed by atoms with van der Waals surface area (Å²) in [6.45, 7) is 6.66. The van der Waals surface area contributed by atoms with Crippen LogP contribution in [0.2, 0.25) is 0 Å². The molecule has 0 radical (unpaired) electrons. The van der Waals surface area contributed by atoms with E-state index in [-0.39, 0.29) is 5.91 Å². The third-order valence-corrected chi connectivity index (χ3v) is 3.65. The van der Waals surface area contributed by atoms with Crippen molar-refractivity contribution >= 4 is 5.91 Å². The highest BCUT2D eigenvalue weighted by Gasteiger charge is 2.22. The second kappa shape index (κ2) is 5.07. The van der Waals surface area contributed by atoms with Crippen molar-refractivity contribution in [2.45, 2.75) is 13.1 Å². The van der Waals surface area contributed by atoms with Gasteiger partial charge in [-0.2, -0.15) is 0 Å². The first kappa shape index (κ1) is 11.7. The lowest BCUT2D eigenvalue weighted by Gasteiger charge is -2.32. The number of rotatable bonds is 2. The molecule has 2 aliphatic heterocycles. The molecule has 0 spiro atoms. The summed E-state index contributed by atoms with van der Waals surface area (Å²) >= 11 is 0. The summed E-state index contributed by atoms with van der Waals surface area (Å²) in [4.78, 5) is 20.6. The van der Waals surface area contributed by atoms with Gasteiger partial charge in [-0.3, -0.25) is 9.69 Å². The second-order valence-corrected chi connectivity index (χ2v) is 4.88. The normalized spacial score (nSPS) is 20.8. The predicted octanol–water partition coefficient (Wildman–Crippen LogP) is -0.869. The fourth-order valence-corrected chi connectivity index (χ4v) is 2.56. The van der Waals surface area contributed by atoms with E-state index in [1.54, 1.807) is 0 Å². The van der Waals surface area contributed by atoms with Gasteiger partial charge in [0.1, 0.15) is 5.82 Å².